The smallest absolute Gasteiger partial charge is 0.276 e. The molecule has 0 unspecified atom stereocenters. The number of fused-ring (bicyclic) bond motifs is 3. The van der Waals surface area contributed by atoms with Crippen molar-refractivity contribution in [1.82, 2.24) is 19.2 Å². The Hall–Kier alpha value is -2.96. The third-order valence-corrected chi connectivity index (χ3v) is 5.24. The first-order chi connectivity index (χ1) is 12.9. The number of carbonyl (C=O) groups is 1. The molecule has 0 aliphatic carbocycles. The van der Waals surface area contributed by atoms with Crippen LogP contribution in [0.1, 0.15) is 34.2 Å². The van der Waals surface area contributed by atoms with Gasteiger partial charge in [0.2, 0.25) is 0 Å². The average Bonchev–Trinajstić information content (AvgIpc) is 2.96. The predicted molar refractivity (Wildman–Crippen MR) is 100 cm³/mol. The SMILES string of the molecule is CCn1nc(C)c2c(c(C)c3n2CCN(Cc2ccc(F)cc2)C3=O)c1=O. The van der Waals surface area contributed by atoms with Crippen LogP contribution in [0.4, 0.5) is 4.39 Å². The number of carbonyl (C=O) groups excluding carboxylic acids is 1. The third kappa shape index (κ3) is 2.65. The highest BCUT2D eigenvalue weighted by molar-refractivity contribution is 6.02. The van der Waals surface area contributed by atoms with Crippen molar-refractivity contribution in [2.24, 2.45) is 0 Å². The summed E-state index contributed by atoms with van der Waals surface area (Å²) in [5, 5.41) is 4.96. The molecule has 0 bridgehead atoms. The van der Waals surface area contributed by atoms with Crippen LogP contribution in [0.25, 0.3) is 10.9 Å². The lowest BCUT2D eigenvalue weighted by molar-refractivity contribution is 0.0692. The fraction of sp³-hybridized carbons (Fsp3) is 0.350. The van der Waals surface area contributed by atoms with Crippen molar-refractivity contribution in [2.45, 2.75) is 40.4 Å². The van der Waals surface area contributed by atoms with Crippen molar-refractivity contribution in [2.75, 3.05) is 6.54 Å². The molecule has 1 aliphatic heterocycles. The van der Waals surface area contributed by atoms with Crippen molar-refractivity contribution >= 4 is 16.8 Å². The molecule has 3 heterocycles. The van der Waals surface area contributed by atoms with E-state index in [4.69, 9.17) is 0 Å². The normalized spacial score (nSPS) is 14.1. The van der Waals surface area contributed by atoms with Crippen LogP contribution in [0.15, 0.2) is 29.1 Å². The van der Waals surface area contributed by atoms with Crippen molar-refractivity contribution in [3.8, 4) is 0 Å². The Morgan fingerprint density at radius 3 is 2.48 bits per heavy atom. The lowest BCUT2D eigenvalue weighted by Crippen LogP contribution is -2.39. The van der Waals surface area contributed by atoms with Gasteiger partial charge in [0, 0.05) is 26.2 Å². The van der Waals surface area contributed by atoms with Crippen molar-refractivity contribution in [3.05, 3.63) is 63.0 Å². The van der Waals surface area contributed by atoms with Gasteiger partial charge in [0.05, 0.1) is 16.6 Å². The van der Waals surface area contributed by atoms with E-state index in [1.54, 1.807) is 17.0 Å². The number of aryl methyl sites for hydroxylation is 3. The molecule has 0 spiro atoms. The molecule has 0 N–H and O–H groups in total. The molecular weight excluding hydrogens is 347 g/mol. The Kier molecular flexibility index (Phi) is 4.09. The summed E-state index contributed by atoms with van der Waals surface area (Å²) < 4.78 is 16.5. The molecule has 7 heteroatoms. The number of hydrogen-bond donors (Lipinski definition) is 0. The summed E-state index contributed by atoms with van der Waals surface area (Å²) in [6.45, 7) is 7.61. The van der Waals surface area contributed by atoms with Gasteiger partial charge in [-0.05, 0) is 44.0 Å². The monoisotopic (exact) mass is 368 g/mol. The summed E-state index contributed by atoms with van der Waals surface area (Å²) in [6.07, 6.45) is 0. The largest absolute Gasteiger partial charge is 0.333 e. The predicted octanol–water partition coefficient (Wildman–Crippen LogP) is 2.63. The minimum atomic E-state index is -0.296. The number of rotatable bonds is 3. The second kappa shape index (κ2) is 6.33. The minimum Gasteiger partial charge on any atom is -0.333 e. The van der Waals surface area contributed by atoms with Gasteiger partial charge in [-0.1, -0.05) is 12.1 Å². The molecule has 0 atom stereocenters. The molecule has 1 aliphatic rings. The van der Waals surface area contributed by atoms with Gasteiger partial charge in [0.15, 0.2) is 0 Å². The van der Waals surface area contributed by atoms with E-state index in [1.807, 2.05) is 25.3 Å². The number of amides is 1. The van der Waals surface area contributed by atoms with Crippen molar-refractivity contribution in [1.29, 1.82) is 0 Å². The first kappa shape index (κ1) is 17.5. The summed E-state index contributed by atoms with van der Waals surface area (Å²) in [6, 6.07) is 6.17. The summed E-state index contributed by atoms with van der Waals surface area (Å²) in [7, 11) is 0. The second-order valence-electron chi connectivity index (χ2n) is 6.91. The van der Waals surface area contributed by atoms with Crippen LogP contribution >= 0.6 is 0 Å². The first-order valence-electron chi connectivity index (χ1n) is 9.06. The topological polar surface area (TPSA) is 60.1 Å². The standard InChI is InChI=1S/C20H21FN4O2/c1-4-25-19(26)16-12(2)17-20(27)23(11-14-5-7-15(21)8-6-14)9-10-24(17)18(16)13(3)22-25/h5-8H,4,9-11H2,1-3H3. The van der Waals surface area contributed by atoms with Gasteiger partial charge in [-0.3, -0.25) is 9.59 Å². The molecule has 140 valence electrons. The van der Waals surface area contributed by atoms with E-state index < -0.39 is 0 Å². The van der Waals surface area contributed by atoms with Gasteiger partial charge in [-0.15, -0.1) is 0 Å². The average molecular weight is 368 g/mol. The van der Waals surface area contributed by atoms with Crippen LogP contribution in [0.2, 0.25) is 0 Å². The van der Waals surface area contributed by atoms with E-state index >= 15 is 0 Å². The van der Waals surface area contributed by atoms with Crippen LogP contribution in [0.3, 0.4) is 0 Å². The van der Waals surface area contributed by atoms with Crippen molar-refractivity contribution in [3.63, 3.8) is 0 Å². The third-order valence-electron chi connectivity index (χ3n) is 5.24. The molecule has 4 rings (SSSR count). The highest BCUT2D eigenvalue weighted by Gasteiger charge is 2.31. The van der Waals surface area contributed by atoms with Crippen LogP contribution in [-0.4, -0.2) is 31.7 Å². The van der Waals surface area contributed by atoms with E-state index in [0.29, 0.717) is 42.8 Å². The molecule has 1 amide bonds. The summed E-state index contributed by atoms with van der Waals surface area (Å²) in [5.41, 5.74) is 3.48. The van der Waals surface area contributed by atoms with Gasteiger partial charge >= 0.3 is 0 Å². The molecule has 6 nitrogen and oxygen atoms in total. The Labute approximate surface area is 155 Å². The van der Waals surface area contributed by atoms with E-state index in [9.17, 15) is 14.0 Å². The number of benzene rings is 1. The Morgan fingerprint density at radius 2 is 1.81 bits per heavy atom. The molecule has 27 heavy (non-hydrogen) atoms. The molecule has 0 radical (unpaired) electrons. The fourth-order valence-electron chi connectivity index (χ4n) is 3.93. The minimum absolute atomic E-state index is 0.110. The number of hydrogen-bond acceptors (Lipinski definition) is 3. The molecule has 2 aromatic heterocycles. The van der Waals surface area contributed by atoms with Gasteiger partial charge in [0.1, 0.15) is 11.5 Å². The first-order valence-corrected chi connectivity index (χ1v) is 9.06. The maximum Gasteiger partial charge on any atom is 0.276 e. The van der Waals surface area contributed by atoms with Crippen LogP contribution in [0, 0.1) is 19.7 Å². The van der Waals surface area contributed by atoms with E-state index in [0.717, 1.165) is 16.8 Å². The second-order valence-corrected chi connectivity index (χ2v) is 6.91. The highest BCUT2D eigenvalue weighted by atomic mass is 19.1. The molecular formula is C20H21FN4O2. The van der Waals surface area contributed by atoms with Crippen molar-refractivity contribution < 1.29 is 9.18 Å². The lowest BCUT2D eigenvalue weighted by atomic mass is 10.1. The lowest BCUT2D eigenvalue weighted by Gasteiger charge is -2.29. The number of nitrogens with zero attached hydrogens (tertiary/aromatic N) is 4. The zero-order valence-electron chi connectivity index (χ0n) is 15.6. The maximum absolute atomic E-state index is 13.2. The summed E-state index contributed by atoms with van der Waals surface area (Å²) in [4.78, 5) is 27.7. The van der Waals surface area contributed by atoms with Gasteiger partial charge < -0.3 is 9.47 Å². The molecule has 0 saturated heterocycles. The molecule has 1 aromatic carbocycles. The Morgan fingerprint density at radius 1 is 1.11 bits per heavy atom. The van der Waals surface area contributed by atoms with Gasteiger partial charge in [-0.25, -0.2) is 9.07 Å². The highest BCUT2D eigenvalue weighted by Crippen LogP contribution is 2.29. The molecule has 0 saturated carbocycles. The van der Waals surface area contributed by atoms with Gasteiger partial charge in [-0.2, -0.15) is 5.10 Å². The quantitative estimate of drug-likeness (QED) is 0.714. The van der Waals surface area contributed by atoms with Crippen LogP contribution in [0.5, 0.6) is 0 Å². The summed E-state index contributed by atoms with van der Waals surface area (Å²) in [5.74, 6) is -0.406. The van der Waals surface area contributed by atoms with Crippen LogP contribution in [-0.2, 0) is 19.6 Å². The van der Waals surface area contributed by atoms with E-state index in [-0.39, 0.29) is 17.3 Å². The van der Waals surface area contributed by atoms with Gasteiger partial charge in [0.25, 0.3) is 11.5 Å². The zero-order chi connectivity index (χ0) is 19.3. The fourth-order valence-corrected chi connectivity index (χ4v) is 3.93. The molecule has 0 fully saturated rings. The maximum atomic E-state index is 13.2. The van der Waals surface area contributed by atoms with E-state index in [2.05, 4.69) is 5.10 Å². The zero-order valence-corrected chi connectivity index (χ0v) is 15.6. The molecule has 3 aromatic rings. The Balaban J connectivity index is 1.81. The Bertz CT molecular complexity index is 1110. The van der Waals surface area contributed by atoms with E-state index in [1.165, 1.54) is 16.8 Å². The van der Waals surface area contributed by atoms with Crippen LogP contribution < -0.4 is 5.56 Å². The summed E-state index contributed by atoms with van der Waals surface area (Å²) >= 11 is 0. The number of aromatic nitrogens is 3. The number of halogens is 1.